The largest absolute Gasteiger partial charge is 0.359 e. The maximum atomic E-state index is 11.9. The predicted molar refractivity (Wildman–Crippen MR) is 69.8 cm³/mol. The average molecular weight is 231 g/mol. The van der Waals surface area contributed by atoms with Crippen LogP contribution in [-0.2, 0) is 4.79 Å². The number of aromatic amines is 1. The van der Waals surface area contributed by atoms with Crippen LogP contribution in [0.3, 0.4) is 0 Å². The van der Waals surface area contributed by atoms with Crippen LogP contribution in [0.25, 0.3) is 10.9 Å². The molecule has 0 radical (unpaired) electrons. The lowest BCUT2D eigenvalue weighted by molar-refractivity contribution is -0.119. The van der Waals surface area contributed by atoms with Crippen LogP contribution in [0.15, 0.2) is 30.5 Å². The molecule has 1 atom stereocenters. The Labute approximate surface area is 100 Å². The summed E-state index contributed by atoms with van der Waals surface area (Å²) in [7, 11) is 0. The number of nitrogens with two attached hydrogens (primary N) is 1. The highest BCUT2D eigenvalue weighted by Crippen LogP contribution is 2.23. The molecule has 0 bridgehead atoms. The van der Waals surface area contributed by atoms with Gasteiger partial charge in [0.05, 0.1) is 5.69 Å². The molecule has 2 aromatic rings. The normalized spacial score (nSPS) is 12.6. The Morgan fingerprint density at radius 3 is 3.00 bits per heavy atom. The fourth-order valence-corrected chi connectivity index (χ4v) is 1.81. The number of benzene rings is 1. The summed E-state index contributed by atoms with van der Waals surface area (Å²) in [6, 6.07) is 7.87. The van der Waals surface area contributed by atoms with E-state index >= 15 is 0 Å². The first-order valence-corrected chi connectivity index (χ1v) is 5.79. The SMILES string of the molecule is CC(CCN)C(=O)Nc1c[nH]c2ccccc12. The Hall–Kier alpha value is -1.81. The van der Waals surface area contributed by atoms with Gasteiger partial charge in [-0.05, 0) is 19.0 Å². The minimum absolute atomic E-state index is 0.0141. The second-order valence-corrected chi connectivity index (χ2v) is 4.22. The first-order valence-electron chi connectivity index (χ1n) is 5.79. The van der Waals surface area contributed by atoms with Crippen LogP contribution in [-0.4, -0.2) is 17.4 Å². The smallest absolute Gasteiger partial charge is 0.227 e. The lowest BCUT2D eigenvalue weighted by Gasteiger charge is -2.10. The number of amides is 1. The second kappa shape index (κ2) is 5.01. The van der Waals surface area contributed by atoms with Gasteiger partial charge in [0.25, 0.3) is 0 Å². The van der Waals surface area contributed by atoms with E-state index in [2.05, 4.69) is 10.3 Å². The number of anilines is 1. The van der Waals surface area contributed by atoms with Crippen molar-refractivity contribution in [2.45, 2.75) is 13.3 Å². The molecule has 1 unspecified atom stereocenters. The molecule has 1 aromatic carbocycles. The lowest BCUT2D eigenvalue weighted by atomic mass is 10.1. The van der Waals surface area contributed by atoms with Crippen LogP contribution in [0.5, 0.6) is 0 Å². The summed E-state index contributed by atoms with van der Waals surface area (Å²) in [4.78, 5) is 15.0. The van der Waals surface area contributed by atoms with Gasteiger partial charge in [0.2, 0.25) is 5.91 Å². The van der Waals surface area contributed by atoms with Gasteiger partial charge < -0.3 is 16.0 Å². The summed E-state index contributed by atoms with van der Waals surface area (Å²) in [6.07, 6.45) is 2.52. The van der Waals surface area contributed by atoms with E-state index in [-0.39, 0.29) is 11.8 Å². The number of para-hydroxylation sites is 1. The third-order valence-corrected chi connectivity index (χ3v) is 2.89. The molecule has 0 fully saturated rings. The van der Waals surface area contributed by atoms with Crippen molar-refractivity contribution in [3.05, 3.63) is 30.5 Å². The Morgan fingerprint density at radius 1 is 1.47 bits per heavy atom. The molecule has 1 aromatic heterocycles. The first kappa shape index (κ1) is 11.7. The van der Waals surface area contributed by atoms with Gasteiger partial charge in [-0.25, -0.2) is 0 Å². The number of carbonyl (C=O) groups excluding carboxylic acids is 1. The van der Waals surface area contributed by atoms with Crippen molar-refractivity contribution in [2.75, 3.05) is 11.9 Å². The van der Waals surface area contributed by atoms with Gasteiger partial charge in [-0.2, -0.15) is 0 Å². The van der Waals surface area contributed by atoms with E-state index in [0.29, 0.717) is 13.0 Å². The zero-order valence-corrected chi connectivity index (χ0v) is 9.86. The molecule has 4 nitrogen and oxygen atoms in total. The van der Waals surface area contributed by atoms with E-state index in [0.717, 1.165) is 16.6 Å². The molecular formula is C13H17N3O. The number of aromatic nitrogens is 1. The fourth-order valence-electron chi connectivity index (χ4n) is 1.81. The van der Waals surface area contributed by atoms with Crippen molar-refractivity contribution in [3.63, 3.8) is 0 Å². The fraction of sp³-hybridized carbons (Fsp3) is 0.308. The number of hydrogen-bond donors (Lipinski definition) is 3. The highest BCUT2D eigenvalue weighted by Gasteiger charge is 2.13. The molecule has 0 aliphatic carbocycles. The van der Waals surface area contributed by atoms with E-state index in [1.807, 2.05) is 37.4 Å². The maximum absolute atomic E-state index is 11.9. The molecule has 0 aliphatic rings. The number of rotatable bonds is 4. The van der Waals surface area contributed by atoms with Crippen LogP contribution >= 0.6 is 0 Å². The summed E-state index contributed by atoms with van der Waals surface area (Å²) in [6.45, 7) is 2.42. The molecule has 0 saturated carbocycles. The Bertz CT molecular complexity index is 518. The number of carbonyl (C=O) groups is 1. The van der Waals surface area contributed by atoms with Crippen LogP contribution in [0.2, 0.25) is 0 Å². The van der Waals surface area contributed by atoms with Crippen LogP contribution in [0.1, 0.15) is 13.3 Å². The summed E-state index contributed by atoms with van der Waals surface area (Å²) in [5, 5.41) is 3.95. The van der Waals surface area contributed by atoms with E-state index in [4.69, 9.17) is 5.73 Å². The Morgan fingerprint density at radius 2 is 2.24 bits per heavy atom. The van der Waals surface area contributed by atoms with E-state index in [1.165, 1.54) is 0 Å². The van der Waals surface area contributed by atoms with E-state index in [1.54, 1.807) is 0 Å². The van der Waals surface area contributed by atoms with Gasteiger partial charge in [0.1, 0.15) is 0 Å². The molecule has 0 aliphatic heterocycles. The standard InChI is InChI=1S/C13H17N3O/c1-9(6-7-14)13(17)16-12-8-15-11-5-3-2-4-10(11)12/h2-5,8-9,15H,6-7,14H2,1H3,(H,16,17). The van der Waals surface area contributed by atoms with Crippen molar-refractivity contribution < 1.29 is 4.79 Å². The van der Waals surface area contributed by atoms with Gasteiger partial charge in [-0.15, -0.1) is 0 Å². The zero-order valence-electron chi connectivity index (χ0n) is 9.86. The van der Waals surface area contributed by atoms with Crippen molar-refractivity contribution in [2.24, 2.45) is 11.7 Å². The topological polar surface area (TPSA) is 70.9 Å². The van der Waals surface area contributed by atoms with Gasteiger partial charge in [-0.1, -0.05) is 25.1 Å². The van der Waals surface area contributed by atoms with Crippen molar-refractivity contribution >= 4 is 22.5 Å². The molecule has 0 saturated heterocycles. The number of nitrogens with one attached hydrogen (secondary N) is 2. The third kappa shape index (κ3) is 2.47. The molecule has 1 heterocycles. The number of fused-ring (bicyclic) bond motifs is 1. The Balaban J connectivity index is 2.16. The number of hydrogen-bond acceptors (Lipinski definition) is 2. The van der Waals surface area contributed by atoms with Crippen molar-refractivity contribution in [1.29, 1.82) is 0 Å². The number of H-pyrrole nitrogens is 1. The van der Waals surface area contributed by atoms with E-state index < -0.39 is 0 Å². The molecule has 90 valence electrons. The molecule has 4 heteroatoms. The minimum Gasteiger partial charge on any atom is -0.359 e. The summed E-state index contributed by atoms with van der Waals surface area (Å²) < 4.78 is 0. The van der Waals surface area contributed by atoms with Gasteiger partial charge in [-0.3, -0.25) is 4.79 Å². The summed E-state index contributed by atoms with van der Waals surface area (Å²) in [5.41, 5.74) is 7.30. The van der Waals surface area contributed by atoms with Crippen molar-refractivity contribution in [1.82, 2.24) is 4.98 Å². The summed E-state index contributed by atoms with van der Waals surface area (Å²) >= 11 is 0. The monoisotopic (exact) mass is 231 g/mol. The summed E-state index contributed by atoms with van der Waals surface area (Å²) in [5.74, 6) is -0.0473. The molecule has 1 amide bonds. The molecular weight excluding hydrogens is 214 g/mol. The van der Waals surface area contributed by atoms with Gasteiger partial charge in [0, 0.05) is 23.0 Å². The molecule has 0 spiro atoms. The zero-order chi connectivity index (χ0) is 12.3. The van der Waals surface area contributed by atoms with Crippen LogP contribution in [0, 0.1) is 5.92 Å². The van der Waals surface area contributed by atoms with E-state index in [9.17, 15) is 4.79 Å². The van der Waals surface area contributed by atoms with Crippen LogP contribution in [0.4, 0.5) is 5.69 Å². The lowest BCUT2D eigenvalue weighted by Crippen LogP contribution is -2.22. The van der Waals surface area contributed by atoms with Gasteiger partial charge >= 0.3 is 0 Å². The second-order valence-electron chi connectivity index (χ2n) is 4.22. The van der Waals surface area contributed by atoms with Crippen LogP contribution < -0.4 is 11.1 Å². The maximum Gasteiger partial charge on any atom is 0.227 e. The molecule has 4 N–H and O–H groups in total. The predicted octanol–water partition coefficient (Wildman–Crippen LogP) is 2.09. The first-order chi connectivity index (χ1) is 8.22. The highest BCUT2D eigenvalue weighted by atomic mass is 16.1. The Kier molecular flexibility index (Phi) is 3.44. The average Bonchev–Trinajstić information content (AvgIpc) is 2.73. The molecule has 2 rings (SSSR count). The third-order valence-electron chi connectivity index (χ3n) is 2.89. The van der Waals surface area contributed by atoms with Crippen molar-refractivity contribution in [3.8, 4) is 0 Å². The minimum atomic E-state index is -0.0614. The van der Waals surface area contributed by atoms with Gasteiger partial charge in [0.15, 0.2) is 0 Å². The quantitative estimate of drug-likeness (QED) is 0.754. The molecule has 17 heavy (non-hydrogen) atoms. The highest BCUT2D eigenvalue weighted by molar-refractivity contribution is 6.02.